The van der Waals surface area contributed by atoms with Crippen molar-refractivity contribution < 1.29 is 10.0 Å². The number of aromatic nitrogens is 1. The fourth-order valence-corrected chi connectivity index (χ4v) is 2.47. The molecule has 1 aromatic carbocycles. The van der Waals surface area contributed by atoms with Gasteiger partial charge < -0.3 is 10.4 Å². The van der Waals surface area contributed by atoms with Gasteiger partial charge in [-0.15, -0.1) is 0 Å². The Balaban J connectivity index is 1.94. The molecule has 3 rings (SSSR count). The average molecular weight is 287 g/mol. The van der Waals surface area contributed by atoms with Gasteiger partial charge in [0.1, 0.15) is 0 Å². The van der Waals surface area contributed by atoms with Gasteiger partial charge in [-0.1, -0.05) is 0 Å². The van der Waals surface area contributed by atoms with E-state index in [1.54, 1.807) is 6.07 Å². The SMILES string of the molecule is Cc1cc(NCC(O)C2CC2)c2cc([N+](=O)[O-])ccc2n1. The molecule has 0 radical (unpaired) electrons. The maximum absolute atomic E-state index is 10.9. The van der Waals surface area contributed by atoms with Gasteiger partial charge in [0.2, 0.25) is 0 Å². The van der Waals surface area contributed by atoms with E-state index in [0.717, 1.165) is 24.2 Å². The van der Waals surface area contributed by atoms with Gasteiger partial charge >= 0.3 is 0 Å². The predicted molar refractivity (Wildman–Crippen MR) is 80.4 cm³/mol. The van der Waals surface area contributed by atoms with Crippen molar-refractivity contribution in [2.75, 3.05) is 11.9 Å². The lowest BCUT2D eigenvalue weighted by atomic mass is 10.1. The van der Waals surface area contributed by atoms with Crippen LogP contribution in [0.1, 0.15) is 18.5 Å². The van der Waals surface area contributed by atoms with Crippen LogP contribution in [0.5, 0.6) is 0 Å². The van der Waals surface area contributed by atoms with E-state index in [2.05, 4.69) is 10.3 Å². The van der Waals surface area contributed by atoms with Gasteiger partial charge in [0.05, 0.1) is 16.5 Å². The van der Waals surface area contributed by atoms with E-state index < -0.39 is 4.92 Å². The summed E-state index contributed by atoms with van der Waals surface area (Å²) in [6.07, 6.45) is 1.78. The van der Waals surface area contributed by atoms with Gasteiger partial charge in [0.15, 0.2) is 0 Å². The van der Waals surface area contributed by atoms with Crippen LogP contribution in [0.15, 0.2) is 24.3 Å². The molecule has 0 saturated heterocycles. The zero-order chi connectivity index (χ0) is 15.0. The van der Waals surface area contributed by atoms with Crippen molar-refractivity contribution in [3.05, 3.63) is 40.1 Å². The van der Waals surface area contributed by atoms with E-state index in [0.29, 0.717) is 23.4 Å². The lowest BCUT2D eigenvalue weighted by molar-refractivity contribution is -0.384. The number of nitro groups is 1. The van der Waals surface area contributed by atoms with Gasteiger partial charge in [-0.2, -0.15) is 0 Å². The maximum atomic E-state index is 10.9. The van der Waals surface area contributed by atoms with Crippen LogP contribution in [-0.4, -0.2) is 27.7 Å². The summed E-state index contributed by atoms with van der Waals surface area (Å²) in [5, 5.41) is 24.8. The third-order valence-corrected chi connectivity index (χ3v) is 3.80. The normalized spacial score (nSPS) is 15.9. The minimum atomic E-state index is -0.415. The van der Waals surface area contributed by atoms with E-state index in [1.165, 1.54) is 12.1 Å². The van der Waals surface area contributed by atoms with Crippen molar-refractivity contribution in [3.63, 3.8) is 0 Å². The summed E-state index contributed by atoms with van der Waals surface area (Å²) in [7, 11) is 0. The summed E-state index contributed by atoms with van der Waals surface area (Å²) in [6.45, 7) is 2.33. The highest BCUT2D eigenvalue weighted by Gasteiger charge is 2.29. The molecule has 21 heavy (non-hydrogen) atoms. The van der Waals surface area contributed by atoms with Crippen molar-refractivity contribution >= 4 is 22.3 Å². The fraction of sp³-hybridized carbons (Fsp3) is 0.400. The number of aliphatic hydroxyl groups excluding tert-OH is 1. The zero-order valence-electron chi connectivity index (χ0n) is 11.7. The fourth-order valence-electron chi connectivity index (χ4n) is 2.47. The maximum Gasteiger partial charge on any atom is 0.270 e. The topological polar surface area (TPSA) is 88.3 Å². The number of anilines is 1. The highest BCUT2D eigenvalue weighted by molar-refractivity contribution is 5.93. The predicted octanol–water partition coefficient (Wildman–Crippen LogP) is 2.63. The molecule has 1 aliphatic carbocycles. The summed E-state index contributed by atoms with van der Waals surface area (Å²) in [5.74, 6) is 0.390. The number of aliphatic hydroxyl groups is 1. The van der Waals surface area contributed by atoms with Gasteiger partial charge in [-0.05, 0) is 37.8 Å². The number of hydrogen-bond acceptors (Lipinski definition) is 5. The smallest absolute Gasteiger partial charge is 0.270 e. The summed E-state index contributed by atoms with van der Waals surface area (Å²) in [4.78, 5) is 14.9. The largest absolute Gasteiger partial charge is 0.391 e. The van der Waals surface area contributed by atoms with Gasteiger partial charge in [-0.25, -0.2) is 0 Å². The van der Waals surface area contributed by atoms with Crippen LogP contribution in [0.25, 0.3) is 10.9 Å². The van der Waals surface area contributed by atoms with Crippen molar-refractivity contribution in [2.45, 2.75) is 25.9 Å². The number of non-ortho nitro benzene ring substituents is 1. The van der Waals surface area contributed by atoms with E-state index in [4.69, 9.17) is 0 Å². The van der Waals surface area contributed by atoms with Crippen molar-refractivity contribution in [1.82, 2.24) is 4.98 Å². The van der Waals surface area contributed by atoms with Crippen LogP contribution in [0.3, 0.4) is 0 Å². The molecule has 0 aliphatic heterocycles. The van der Waals surface area contributed by atoms with E-state index in [1.807, 2.05) is 13.0 Å². The summed E-state index contributed by atoms with van der Waals surface area (Å²) in [6, 6.07) is 6.49. The minimum absolute atomic E-state index is 0.0407. The van der Waals surface area contributed by atoms with Gasteiger partial charge in [-0.3, -0.25) is 15.1 Å². The number of rotatable bonds is 5. The molecule has 2 N–H and O–H groups in total. The highest BCUT2D eigenvalue weighted by atomic mass is 16.6. The Labute approximate surface area is 122 Å². The van der Waals surface area contributed by atoms with Crippen LogP contribution in [0.2, 0.25) is 0 Å². The molecule has 2 aromatic rings. The molecule has 1 aliphatic rings. The summed E-state index contributed by atoms with van der Waals surface area (Å²) >= 11 is 0. The number of nitrogens with zero attached hydrogens (tertiary/aromatic N) is 2. The molecular weight excluding hydrogens is 270 g/mol. The van der Waals surface area contributed by atoms with E-state index in [9.17, 15) is 15.2 Å². The van der Waals surface area contributed by atoms with Crippen LogP contribution in [0, 0.1) is 23.0 Å². The van der Waals surface area contributed by atoms with Crippen LogP contribution in [-0.2, 0) is 0 Å². The second-order valence-corrected chi connectivity index (χ2v) is 5.56. The van der Waals surface area contributed by atoms with Crippen molar-refractivity contribution in [1.29, 1.82) is 0 Å². The monoisotopic (exact) mass is 287 g/mol. The molecular formula is C15H17N3O3. The van der Waals surface area contributed by atoms with Crippen molar-refractivity contribution in [3.8, 4) is 0 Å². The highest BCUT2D eigenvalue weighted by Crippen LogP contribution is 2.33. The summed E-state index contributed by atoms with van der Waals surface area (Å²) in [5.41, 5.74) is 2.36. The Morgan fingerprint density at radius 2 is 2.24 bits per heavy atom. The Kier molecular flexibility index (Phi) is 3.47. The van der Waals surface area contributed by atoms with E-state index in [-0.39, 0.29) is 11.8 Å². The molecule has 0 bridgehead atoms. The van der Waals surface area contributed by atoms with Crippen LogP contribution >= 0.6 is 0 Å². The van der Waals surface area contributed by atoms with Gasteiger partial charge in [0.25, 0.3) is 5.69 Å². The number of pyridine rings is 1. The molecule has 110 valence electrons. The number of nitrogens with one attached hydrogen (secondary N) is 1. The number of nitro benzene ring substituents is 1. The standard InChI is InChI=1S/C15H17N3O3/c1-9-6-14(16-8-15(19)10-2-3-10)12-7-11(18(20)21)4-5-13(12)17-9/h4-7,10,15,19H,2-3,8H2,1H3,(H,16,17). The number of hydrogen-bond donors (Lipinski definition) is 2. The molecule has 1 fully saturated rings. The molecule has 1 saturated carbocycles. The lowest BCUT2D eigenvalue weighted by Gasteiger charge is -2.14. The Bertz CT molecular complexity index is 698. The molecule has 0 spiro atoms. The first kappa shape index (κ1) is 13.8. The molecule has 0 amide bonds. The second kappa shape index (κ2) is 5.29. The first-order chi connectivity index (χ1) is 10.0. The average Bonchev–Trinajstić information content (AvgIpc) is 3.28. The second-order valence-electron chi connectivity index (χ2n) is 5.56. The molecule has 1 heterocycles. The zero-order valence-corrected chi connectivity index (χ0v) is 11.7. The number of aryl methyl sites for hydroxylation is 1. The minimum Gasteiger partial charge on any atom is -0.391 e. The first-order valence-electron chi connectivity index (χ1n) is 7.02. The van der Waals surface area contributed by atoms with Crippen LogP contribution < -0.4 is 5.32 Å². The third kappa shape index (κ3) is 2.95. The molecule has 1 atom stereocenters. The van der Waals surface area contributed by atoms with Crippen molar-refractivity contribution in [2.24, 2.45) is 5.92 Å². The molecule has 1 unspecified atom stereocenters. The lowest BCUT2D eigenvalue weighted by Crippen LogP contribution is -2.21. The molecule has 1 aromatic heterocycles. The Morgan fingerprint density at radius 3 is 2.90 bits per heavy atom. The quantitative estimate of drug-likeness (QED) is 0.652. The number of benzene rings is 1. The Hall–Kier alpha value is -2.21. The van der Waals surface area contributed by atoms with Crippen LogP contribution in [0.4, 0.5) is 11.4 Å². The molecule has 6 heteroatoms. The van der Waals surface area contributed by atoms with Gasteiger partial charge in [0, 0.05) is 35.4 Å². The summed E-state index contributed by atoms with van der Waals surface area (Å²) < 4.78 is 0. The first-order valence-corrected chi connectivity index (χ1v) is 7.02. The molecule has 6 nitrogen and oxygen atoms in total. The third-order valence-electron chi connectivity index (χ3n) is 3.80. The number of fused-ring (bicyclic) bond motifs is 1. The Morgan fingerprint density at radius 1 is 1.48 bits per heavy atom. The van der Waals surface area contributed by atoms with E-state index >= 15 is 0 Å².